The van der Waals surface area contributed by atoms with Gasteiger partial charge in [0.25, 0.3) is 11.7 Å². The highest BCUT2D eigenvalue weighted by molar-refractivity contribution is 6.35. The zero-order valence-electron chi connectivity index (χ0n) is 10.4. The van der Waals surface area contributed by atoms with Crippen LogP contribution in [0.5, 0.6) is 5.75 Å². The minimum Gasteiger partial charge on any atom is -0.482 e. The van der Waals surface area contributed by atoms with Gasteiger partial charge in [0.15, 0.2) is 6.61 Å². The molecule has 8 heteroatoms. The van der Waals surface area contributed by atoms with Crippen molar-refractivity contribution in [1.82, 2.24) is 10.1 Å². The highest BCUT2D eigenvalue weighted by Crippen LogP contribution is 2.27. The van der Waals surface area contributed by atoms with Crippen LogP contribution in [-0.4, -0.2) is 22.7 Å². The maximum Gasteiger partial charge on any atom is 0.379 e. The van der Waals surface area contributed by atoms with Crippen LogP contribution in [0.25, 0.3) is 0 Å². The van der Waals surface area contributed by atoms with E-state index in [-0.39, 0.29) is 24.9 Å². The normalized spacial score (nSPS) is 10.3. The summed E-state index contributed by atoms with van der Waals surface area (Å²) in [4.78, 5) is 15.2. The van der Waals surface area contributed by atoms with Gasteiger partial charge in [0.05, 0.1) is 11.6 Å². The summed E-state index contributed by atoms with van der Waals surface area (Å²) in [6, 6.07) is 4.81. The van der Waals surface area contributed by atoms with Crippen molar-refractivity contribution in [2.75, 3.05) is 6.61 Å². The maximum atomic E-state index is 11.3. The molecule has 0 fully saturated rings. The molecular weight excluding hydrogens is 307 g/mol. The fraction of sp³-hybridized carbons (Fsp3) is 0.250. The maximum absolute atomic E-state index is 11.3. The Labute approximate surface area is 124 Å². The minimum atomic E-state index is -0.646. The van der Waals surface area contributed by atoms with E-state index in [1.807, 2.05) is 0 Å². The summed E-state index contributed by atoms with van der Waals surface area (Å²) < 4.78 is 15.0. The molecule has 0 unspecified atom stereocenters. The molecule has 0 N–H and O–H groups in total. The summed E-state index contributed by atoms with van der Waals surface area (Å²) >= 11 is 11.7. The molecule has 0 bridgehead atoms. The van der Waals surface area contributed by atoms with E-state index in [1.54, 1.807) is 25.1 Å². The molecule has 0 aliphatic rings. The molecule has 106 valence electrons. The van der Waals surface area contributed by atoms with Gasteiger partial charge in [0.1, 0.15) is 5.75 Å². The average Bonchev–Trinajstić information content (AvgIpc) is 2.87. The minimum absolute atomic E-state index is 0.0201. The molecule has 2 rings (SSSR count). The fourth-order valence-electron chi connectivity index (χ4n) is 1.32. The second-order valence-electron chi connectivity index (χ2n) is 3.60. The standard InChI is InChI=1S/C12H10Cl2N2O4/c1-2-18-12(17)11-15-10(20-16-11)6-19-9-4-3-7(13)5-8(9)14/h3-5H,2,6H2,1H3. The van der Waals surface area contributed by atoms with Crippen LogP contribution in [0, 0.1) is 0 Å². The van der Waals surface area contributed by atoms with Crippen molar-refractivity contribution in [2.45, 2.75) is 13.5 Å². The van der Waals surface area contributed by atoms with Crippen LogP contribution in [0.4, 0.5) is 0 Å². The number of carbonyl (C=O) groups excluding carboxylic acids is 1. The van der Waals surface area contributed by atoms with Crippen molar-refractivity contribution in [3.8, 4) is 5.75 Å². The molecule has 0 saturated heterocycles. The highest BCUT2D eigenvalue weighted by Gasteiger charge is 2.16. The first kappa shape index (κ1) is 14.6. The smallest absolute Gasteiger partial charge is 0.379 e. The van der Waals surface area contributed by atoms with Gasteiger partial charge in [-0.1, -0.05) is 23.2 Å². The summed E-state index contributed by atoms with van der Waals surface area (Å²) in [6.07, 6.45) is 0. The van der Waals surface area contributed by atoms with Crippen LogP contribution < -0.4 is 4.74 Å². The van der Waals surface area contributed by atoms with Gasteiger partial charge in [-0.2, -0.15) is 4.98 Å². The van der Waals surface area contributed by atoms with Crippen molar-refractivity contribution < 1.29 is 18.8 Å². The number of hydrogen-bond acceptors (Lipinski definition) is 6. The van der Waals surface area contributed by atoms with E-state index >= 15 is 0 Å². The van der Waals surface area contributed by atoms with E-state index < -0.39 is 5.97 Å². The number of carbonyl (C=O) groups is 1. The van der Waals surface area contributed by atoms with E-state index in [0.717, 1.165) is 0 Å². The molecular formula is C12H10Cl2N2O4. The van der Waals surface area contributed by atoms with Crippen LogP contribution in [0.15, 0.2) is 22.7 Å². The summed E-state index contributed by atoms with van der Waals surface area (Å²) in [7, 11) is 0. The lowest BCUT2D eigenvalue weighted by Gasteiger charge is -2.05. The third kappa shape index (κ3) is 3.61. The van der Waals surface area contributed by atoms with Crippen molar-refractivity contribution in [3.05, 3.63) is 40.0 Å². The van der Waals surface area contributed by atoms with Gasteiger partial charge in [0.2, 0.25) is 0 Å². The van der Waals surface area contributed by atoms with Gasteiger partial charge < -0.3 is 14.0 Å². The number of esters is 1. The number of halogens is 2. The van der Waals surface area contributed by atoms with Crippen LogP contribution in [0.2, 0.25) is 10.0 Å². The Balaban J connectivity index is 1.99. The molecule has 0 amide bonds. The number of aromatic nitrogens is 2. The van der Waals surface area contributed by atoms with Crippen LogP contribution in [0.1, 0.15) is 23.4 Å². The molecule has 0 radical (unpaired) electrons. The third-order valence-electron chi connectivity index (χ3n) is 2.17. The van der Waals surface area contributed by atoms with Crippen molar-refractivity contribution in [3.63, 3.8) is 0 Å². The Hall–Kier alpha value is -1.79. The van der Waals surface area contributed by atoms with Crippen molar-refractivity contribution >= 4 is 29.2 Å². The third-order valence-corrected chi connectivity index (χ3v) is 2.70. The Morgan fingerprint density at radius 3 is 2.90 bits per heavy atom. The first-order valence-electron chi connectivity index (χ1n) is 5.67. The lowest BCUT2D eigenvalue weighted by Crippen LogP contribution is -2.07. The molecule has 0 spiro atoms. The predicted molar refractivity (Wildman–Crippen MR) is 71.0 cm³/mol. The van der Waals surface area contributed by atoms with Crippen LogP contribution >= 0.6 is 23.2 Å². The Kier molecular flexibility index (Phi) is 4.81. The van der Waals surface area contributed by atoms with Crippen molar-refractivity contribution in [2.24, 2.45) is 0 Å². The SMILES string of the molecule is CCOC(=O)c1noc(COc2ccc(Cl)cc2Cl)n1. The number of rotatable bonds is 5. The second kappa shape index (κ2) is 6.58. The van der Waals surface area contributed by atoms with Crippen LogP contribution in [-0.2, 0) is 11.3 Å². The van der Waals surface area contributed by atoms with Crippen LogP contribution in [0.3, 0.4) is 0 Å². The number of benzene rings is 1. The van der Waals surface area contributed by atoms with Gasteiger partial charge in [-0.25, -0.2) is 4.79 Å². The zero-order chi connectivity index (χ0) is 14.5. The van der Waals surface area contributed by atoms with Gasteiger partial charge in [-0.05, 0) is 30.3 Å². The molecule has 0 aliphatic carbocycles. The first-order valence-corrected chi connectivity index (χ1v) is 6.43. The lowest BCUT2D eigenvalue weighted by molar-refractivity contribution is 0.0508. The number of ether oxygens (including phenoxy) is 2. The number of hydrogen-bond donors (Lipinski definition) is 0. The van der Waals surface area contributed by atoms with Crippen molar-refractivity contribution in [1.29, 1.82) is 0 Å². The molecule has 0 saturated carbocycles. The molecule has 1 heterocycles. The van der Waals surface area contributed by atoms with Gasteiger partial charge in [0, 0.05) is 5.02 Å². The Morgan fingerprint density at radius 2 is 2.20 bits per heavy atom. The summed E-state index contributed by atoms with van der Waals surface area (Å²) in [5, 5.41) is 4.36. The Morgan fingerprint density at radius 1 is 1.40 bits per heavy atom. The van der Waals surface area contributed by atoms with Gasteiger partial charge in [-0.3, -0.25) is 0 Å². The molecule has 20 heavy (non-hydrogen) atoms. The van der Waals surface area contributed by atoms with E-state index in [1.165, 1.54) is 0 Å². The summed E-state index contributed by atoms with van der Waals surface area (Å²) in [5.41, 5.74) is 0. The first-order chi connectivity index (χ1) is 9.60. The number of nitrogens with zero attached hydrogens (tertiary/aromatic N) is 2. The Bertz CT molecular complexity index is 615. The molecule has 2 aromatic rings. The second-order valence-corrected chi connectivity index (χ2v) is 4.44. The molecule has 0 aliphatic heterocycles. The summed E-state index contributed by atoms with van der Waals surface area (Å²) in [5.74, 6) is -0.231. The largest absolute Gasteiger partial charge is 0.482 e. The average molecular weight is 317 g/mol. The van der Waals surface area contributed by atoms with E-state index in [4.69, 9.17) is 37.2 Å². The van der Waals surface area contributed by atoms with E-state index in [0.29, 0.717) is 15.8 Å². The molecule has 0 atom stereocenters. The van der Waals surface area contributed by atoms with E-state index in [2.05, 4.69) is 10.1 Å². The molecule has 1 aromatic heterocycles. The molecule has 1 aromatic carbocycles. The quantitative estimate of drug-likeness (QED) is 0.789. The van der Waals surface area contributed by atoms with Gasteiger partial charge >= 0.3 is 5.97 Å². The van der Waals surface area contributed by atoms with Gasteiger partial charge in [-0.15, -0.1) is 0 Å². The molecule has 6 nitrogen and oxygen atoms in total. The fourth-order valence-corrected chi connectivity index (χ4v) is 1.79. The monoisotopic (exact) mass is 316 g/mol. The predicted octanol–water partition coefficient (Wildman–Crippen LogP) is 3.13. The lowest BCUT2D eigenvalue weighted by atomic mass is 10.3. The zero-order valence-corrected chi connectivity index (χ0v) is 11.9. The summed E-state index contributed by atoms with van der Waals surface area (Å²) in [6.45, 7) is 1.90. The highest BCUT2D eigenvalue weighted by atomic mass is 35.5. The van der Waals surface area contributed by atoms with E-state index in [9.17, 15) is 4.79 Å². The topological polar surface area (TPSA) is 74.5 Å².